The average molecular weight is 293 g/mol. The van der Waals surface area contributed by atoms with E-state index in [1.165, 1.54) is 0 Å². The molecule has 3 heteroatoms. The largest absolute Gasteiger partial charge is 0.384 e. The standard InChI is InChI=1S/C18H31NO2/c1-6-9-17(15(4)20)10-12-18(21,13-11-17)16(19-5)8-7-14(2)3/h7-8,14,21H,6,9-13H2,1-5H3/b8-7-,19-16?. The molecule has 0 unspecified atom stereocenters. The molecule has 0 saturated heterocycles. The summed E-state index contributed by atoms with van der Waals surface area (Å²) in [5.74, 6) is 0.712. The van der Waals surface area contributed by atoms with E-state index in [-0.39, 0.29) is 11.2 Å². The van der Waals surface area contributed by atoms with E-state index in [0.717, 1.165) is 31.4 Å². The number of rotatable bonds is 6. The molecule has 0 atom stereocenters. The molecular weight excluding hydrogens is 262 g/mol. The van der Waals surface area contributed by atoms with Crippen molar-refractivity contribution in [1.82, 2.24) is 0 Å². The van der Waals surface area contributed by atoms with E-state index in [1.54, 1.807) is 14.0 Å². The Morgan fingerprint density at radius 3 is 2.24 bits per heavy atom. The van der Waals surface area contributed by atoms with E-state index in [0.29, 0.717) is 18.8 Å². The van der Waals surface area contributed by atoms with Gasteiger partial charge in [0, 0.05) is 12.5 Å². The molecule has 0 aromatic heterocycles. The van der Waals surface area contributed by atoms with Crippen LogP contribution in [0.25, 0.3) is 0 Å². The van der Waals surface area contributed by atoms with E-state index in [4.69, 9.17) is 0 Å². The van der Waals surface area contributed by atoms with Gasteiger partial charge in [0.25, 0.3) is 0 Å². The van der Waals surface area contributed by atoms with Gasteiger partial charge in [-0.05, 0) is 51.0 Å². The van der Waals surface area contributed by atoms with Gasteiger partial charge in [-0.3, -0.25) is 9.79 Å². The first-order valence-corrected chi connectivity index (χ1v) is 8.18. The Bertz CT molecular complexity index is 413. The molecule has 0 heterocycles. The second-order valence-corrected chi connectivity index (χ2v) is 6.83. The third kappa shape index (κ3) is 4.26. The molecule has 0 amide bonds. The Hall–Kier alpha value is -0.960. The molecule has 1 saturated carbocycles. The highest BCUT2D eigenvalue weighted by atomic mass is 16.3. The SMILES string of the molecule is CCCC1(C(C)=O)CCC(O)(C(/C=C\C(C)C)=NC)CC1. The van der Waals surface area contributed by atoms with Gasteiger partial charge in [-0.1, -0.05) is 33.3 Å². The lowest BCUT2D eigenvalue weighted by atomic mass is 9.63. The van der Waals surface area contributed by atoms with Crippen molar-refractivity contribution in [3.8, 4) is 0 Å². The predicted molar refractivity (Wildman–Crippen MR) is 88.8 cm³/mol. The van der Waals surface area contributed by atoms with Crippen LogP contribution in [-0.4, -0.2) is 29.3 Å². The second kappa shape index (κ2) is 7.35. The lowest BCUT2D eigenvalue weighted by Gasteiger charge is -2.43. The molecule has 0 spiro atoms. The minimum absolute atomic E-state index is 0.221. The number of ketones is 1. The van der Waals surface area contributed by atoms with E-state index >= 15 is 0 Å². The second-order valence-electron chi connectivity index (χ2n) is 6.83. The minimum Gasteiger partial charge on any atom is -0.384 e. The third-order valence-electron chi connectivity index (χ3n) is 4.87. The highest BCUT2D eigenvalue weighted by Crippen LogP contribution is 2.45. The summed E-state index contributed by atoms with van der Waals surface area (Å²) in [4.78, 5) is 16.3. The van der Waals surface area contributed by atoms with Gasteiger partial charge in [0.2, 0.25) is 0 Å². The highest BCUT2D eigenvalue weighted by molar-refractivity contribution is 6.01. The van der Waals surface area contributed by atoms with Gasteiger partial charge in [-0.2, -0.15) is 0 Å². The minimum atomic E-state index is -0.868. The monoisotopic (exact) mass is 293 g/mol. The fourth-order valence-corrected chi connectivity index (χ4v) is 3.38. The van der Waals surface area contributed by atoms with Gasteiger partial charge in [-0.25, -0.2) is 0 Å². The van der Waals surface area contributed by atoms with Crippen molar-refractivity contribution < 1.29 is 9.90 Å². The zero-order chi connectivity index (χ0) is 16.1. The molecule has 0 radical (unpaired) electrons. The zero-order valence-corrected chi connectivity index (χ0v) is 14.3. The Kier molecular flexibility index (Phi) is 6.33. The van der Waals surface area contributed by atoms with Crippen molar-refractivity contribution in [3.63, 3.8) is 0 Å². The van der Waals surface area contributed by atoms with Crippen LogP contribution < -0.4 is 0 Å². The topological polar surface area (TPSA) is 49.7 Å². The summed E-state index contributed by atoms with van der Waals surface area (Å²) in [5.41, 5.74) is -0.334. The fraction of sp³-hybridized carbons (Fsp3) is 0.778. The summed E-state index contributed by atoms with van der Waals surface area (Å²) in [7, 11) is 1.73. The number of carbonyl (C=O) groups is 1. The first kappa shape index (κ1) is 18.1. The lowest BCUT2D eigenvalue weighted by molar-refractivity contribution is -0.131. The number of hydrogen-bond acceptors (Lipinski definition) is 3. The van der Waals surface area contributed by atoms with Crippen LogP contribution in [-0.2, 0) is 4.79 Å². The maximum absolute atomic E-state index is 12.1. The van der Waals surface area contributed by atoms with E-state index < -0.39 is 5.60 Å². The molecule has 21 heavy (non-hydrogen) atoms. The van der Waals surface area contributed by atoms with Crippen LogP contribution in [0.4, 0.5) is 0 Å². The molecule has 120 valence electrons. The molecule has 1 rings (SSSR count). The van der Waals surface area contributed by atoms with E-state index in [1.807, 2.05) is 6.08 Å². The first-order chi connectivity index (χ1) is 9.79. The Morgan fingerprint density at radius 2 is 1.86 bits per heavy atom. The first-order valence-electron chi connectivity index (χ1n) is 8.18. The third-order valence-corrected chi connectivity index (χ3v) is 4.87. The smallest absolute Gasteiger partial charge is 0.135 e. The molecule has 0 aliphatic heterocycles. The van der Waals surface area contributed by atoms with Crippen LogP contribution in [0.1, 0.15) is 66.2 Å². The van der Waals surface area contributed by atoms with Crippen molar-refractivity contribution in [2.45, 2.75) is 71.8 Å². The maximum Gasteiger partial charge on any atom is 0.135 e. The molecule has 0 aromatic carbocycles. The van der Waals surface area contributed by atoms with Crippen molar-refractivity contribution in [2.24, 2.45) is 16.3 Å². The van der Waals surface area contributed by atoms with Crippen LogP contribution in [0.15, 0.2) is 17.1 Å². The summed E-state index contributed by atoms with van der Waals surface area (Å²) in [5, 5.41) is 10.9. The van der Waals surface area contributed by atoms with Crippen LogP contribution in [0.3, 0.4) is 0 Å². The summed E-state index contributed by atoms with van der Waals surface area (Å²) < 4.78 is 0. The maximum atomic E-state index is 12.1. The van der Waals surface area contributed by atoms with Crippen LogP contribution in [0.5, 0.6) is 0 Å². The number of allylic oxidation sites excluding steroid dienone is 1. The van der Waals surface area contributed by atoms with Crippen LogP contribution >= 0.6 is 0 Å². The van der Waals surface area contributed by atoms with Gasteiger partial charge in [0.05, 0.1) is 5.71 Å². The van der Waals surface area contributed by atoms with Crippen LogP contribution in [0, 0.1) is 11.3 Å². The summed E-state index contributed by atoms with van der Waals surface area (Å²) >= 11 is 0. The number of carbonyl (C=O) groups excluding carboxylic acids is 1. The molecule has 0 bridgehead atoms. The van der Waals surface area contributed by atoms with Gasteiger partial charge < -0.3 is 5.11 Å². The number of nitrogens with zero attached hydrogens (tertiary/aromatic N) is 1. The molecule has 1 N–H and O–H groups in total. The lowest BCUT2D eigenvalue weighted by Crippen LogP contribution is -2.46. The number of hydrogen-bond donors (Lipinski definition) is 1. The van der Waals surface area contributed by atoms with Crippen molar-refractivity contribution in [2.75, 3.05) is 7.05 Å². The number of Topliss-reactive ketones (excluding diaryl/α,β-unsaturated/α-hetero) is 1. The Morgan fingerprint density at radius 1 is 1.29 bits per heavy atom. The predicted octanol–water partition coefficient (Wildman–Crippen LogP) is 3.95. The summed E-state index contributed by atoms with van der Waals surface area (Å²) in [6.07, 6.45) is 8.75. The Balaban J connectivity index is 2.87. The Labute approximate surface area is 129 Å². The van der Waals surface area contributed by atoms with E-state index in [9.17, 15) is 9.90 Å². The highest BCUT2D eigenvalue weighted by Gasteiger charge is 2.45. The van der Waals surface area contributed by atoms with Crippen molar-refractivity contribution in [1.29, 1.82) is 0 Å². The molecule has 0 aromatic rings. The van der Waals surface area contributed by atoms with Gasteiger partial charge >= 0.3 is 0 Å². The molecule has 1 aliphatic rings. The molecule has 1 fully saturated rings. The van der Waals surface area contributed by atoms with Gasteiger partial charge in [0.15, 0.2) is 0 Å². The zero-order valence-electron chi connectivity index (χ0n) is 14.3. The van der Waals surface area contributed by atoms with Gasteiger partial charge in [-0.15, -0.1) is 0 Å². The van der Waals surface area contributed by atoms with Gasteiger partial charge in [0.1, 0.15) is 11.4 Å². The van der Waals surface area contributed by atoms with Crippen molar-refractivity contribution in [3.05, 3.63) is 12.2 Å². The van der Waals surface area contributed by atoms with Crippen LogP contribution in [0.2, 0.25) is 0 Å². The molecule has 3 nitrogen and oxygen atoms in total. The average Bonchev–Trinajstić information content (AvgIpc) is 2.42. The number of aliphatic imine (C=N–C) groups is 1. The molecular formula is C18H31NO2. The summed E-state index contributed by atoms with van der Waals surface area (Å²) in [6.45, 7) is 8.04. The fourth-order valence-electron chi connectivity index (χ4n) is 3.38. The number of aliphatic hydroxyl groups is 1. The normalized spacial score (nSPS) is 31.1. The summed E-state index contributed by atoms with van der Waals surface area (Å²) in [6, 6.07) is 0. The van der Waals surface area contributed by atoms with Crippen molar-refractivity contribution >= 4 is 11.5 Å². The molecule has 1 aliphatic carbocycles. The quantitative estimate of drug-likeness (QED) is 0.754. The van der Waals surface area contributed by atoms with E-state index in [2.05, 4.69) is 31.8 Å².